The smallest absolute Gasteiger partial charge is 0.261 e. The monoisotopic (exact) mass is 517 g/mol. The molecular formula is C26H29Cl2N3O4. The molecule has 1 heterocycles. The first-order chi connectivity index (χ1) is 16.6. The maximum atomic E-state index is 13.4. The number of halogens is 2. The average Bonchev–Trinajstić information content (AvgIpc) is 3.05. The van der Waals surface area contributed by atoms with Gasteiger partial charge in [0.25, 0.3) is 11.8 Å². The van der Waals surface area contributed by atoms with E-state index in [-0.39, 0.29) is 55.6 Å². The van der Waals surface area contributed by atoms with Gasteiger partial charge in [-0.1, -0.05) is 48.3 Å². The van der Waals surface area contributed by atoms with Gasteiger partial charge in [0.1, 0.15) is 6.04 Å². The Hall–Kier alpha value is -2.90. The Kier molecular flexibility index (Phi) is 8.92. The third kappa shape index (κ3) is 6.03. The number of imide groups is 1. The predicted molar refractivity (Wildman–Crippen MR) is 135 cm³/mol. The maximum Gasteiger partial charge on any atom is 0.261 e. The number of benzene rings is 2. The van der Waals surface area contributed by atoms with Crippen LogP contribution < -0.4 is 5.32 Å². The van der Waals surface area contributed by atoms with Gasteiger partial charge >= 0.3 is 0 Å². The molecule has 0 spiro atoms. The van der Waals surface area contributed by atoms with Gasteiger partial charge < -0.3 is 10.2 Å². The highest BCUT2D eigenvalue weighted by Crippen LogP contribution is 2.28. The fourth-order valence-electron chi connectivity index (χ4n) is 4.13. The van der Waals surface area contributed by atoms with E-state index in [1.807, 2.05) is 20.8 Å². The van der Waals surface area contributed by atoms with Gasteiger partial charge in [-0.2, -0.15) is 0 Å². The molecule has 1 atom stereocenters. The van der Waals surface area contributed by atoms with E-state index in [1.54, 1.807) is 42.5 Å². The highest BCUT2D eigenvalue weighted by atomic mass is 35.5. The Morgan fingerprint density at radius 2 is 1.54 bits per heavy atom. The van der Waals surface area contributed by atoms with Crippen molar-refractivity contribution in [3.05, 3.63) is 69.2 Å². The van der Waals surface area contributed by atoms with Gasteiger partial charge in [0.05, 0.1) is 11.1 Å². The van der Waals surface area contributed by atoms with Crippen LogP contribution in [0.15, 0.2) is 42.5 Å². The van der Waals surface area contributed by atoms with Crippen LogP contribution >= 0.6 is 23.2 Å². The molecule has 0 saturated heterocycles. The minimum absolute atomic E-state index is 0.0426. The first-order valence-corrected chi connectivity index (χ1v) is 12.4. The van der Waals surface area contributed by atoms with Crippen LogP contribution in [-0.4, -0.2) is 52.1 Å². The highest BCUT2D eigenvalue weighted by molar-refractivity contribution is 6.36. The normalized spacial score (nSPS) is 13.7. The van der Waals surface area contributed by atoms with Gasteiger partial charge in [0.15, 0.2) is 0 Å². The second-order valence-electron chi connectivity index (χ2n) is 8.72. The number of carbonyl (C=O) groups is 4. The zero-order chi connectivity index (χ0) is 25.7. The maximum absolute atomic E-state index is 13.4. The summed E-state index contributed by atoms with van der Waals surface area (Å²) in [5.74, 6) is -1.27. The lowest BCUT2D eigenvalue weighted by Gasteiger charge is -2.32. The van der Waals surface area contributed by atoms with Gasteiger partial charge in [-0.3, -0.25) is 24.1 Å². The number of hydrogen-bond donors (Lipinski definition) is 1. The Bertz CT molecular complexity index is 1080. The molecule has 9 heteroatoms. The molecule has 0 aliphatic carbocycles. The number of carbonyl (C=O) groups excluding carboxylic acids is 4. The molecule has 0 saturated carbocycles. The summed E-state index contributed by atoms with van der Waals surface area (Å²) in [6, 6.07) is 10.9. The largest absolute Gasteiger partial charge is 0.352 e. The van der Waals surface area contributed by atoms with E-state index in [4.69, 9.17) is 23.2 Å². The van der Waals surface area contributed by atoms with Crippen LogP contribution in [0.25, 0.3) is 0 Å². The van der Waals surface area contributed by atoms with Crippen LogP contribution in [-0.2, 0) is 16.1 Å². The zero-order valence-electron chi connectivity index (χ0n) is 20.0. The quantitative estimate of drug-likeness (QED) is 0.462. The van der Waals surface area contributed by atoms with Crippen molar-refractivity contribution >= 4 is 46.8 Å². The number of nitrogens with one attached hydrogen (secondary N) is 1. The second-order valence-corrected chi connectivity index (χ2v) is 9.53. The summed E-state index contributed by atoms with van der Waals surface area (Å²) in [7, 11) is 0. The van der Waals surface area contributed by atoms with Crippen molar-refractivity contribution in [2.24, 2.45) is 0 Å². The molecule has 186 valence electrons. The van der Waals surface area contributed by atoms with Gasteiger partial charge in [0.2, 0.25) is 11.8 Å². The lowest BCUT2D eigenvalue weighted by molar-refractivity contribution is -0.141. The summed E-state index contributed by atoms with van der Waals surface area (Å²) >= 11 is 12.7. The van der Waals surface area contributed by atoms with Crippen LogP contribution in [0.3, 0.4) is 0 Å². The molecule has 0 fully saturated rings. The van der Waals surface area contributed by atoms with Crippen molar-refractivity contribution in [3.8, 4) is 0 Å². The molecule has 2 aromatic rings. The van der Waals surface area contributed by atoms with Crippen molar-refractivity contribution < 1.29 is 19.2 Å². The lowest BCUT2D eigenvalue weighted by Crippen LogP contribution is -2.50. The first kappa shape index (κ1) is 26.7. The third-order valence-electron chi connectivity index (χ3n) is 5.86. The minimum atomic E-state index is -0.725. The highest BCUT2D eigenvalue weighted by Gasteiger charge is 2.35. The van der Waals surface area contributed by atoms with Crippen LogP contribution in [0.2, 0.25) is 10.0 Å². The van der Waals surface area contributed by atoms with E-state index in [0.717, 1.165) is 4.90 Å². The average molecular weight is 518 g/mol. The van der Waals surface area contributed by atoms with E-state index in [2.05, 4.69) is 5.32 Å². The van der Waals surface area contributed by atoms with Crippen molar-refractivity contribution in [1.82, 2.24) is 15.1 Å². The van der Waals surface area contributed by atoms with Crippen molar-refractivity contribution in [3.63, 3.8) is 0 Å². The lowest BCUT2D eigenvalue weighted by atomic mass is 10.1. The first-order valence-electron chi connectivity index (χ1n) is 11.6. The molecule has 1 aliphatic rings. The van der Waals surface area contributed by atoms with Gasteiger partial charge in [-0.15, -0.1) is 0 Å². The number of rotatable bonds is 10. The Labute approximate surface area is 215 Å². The van der Waals surface area contributed by atoms with E-state index in [0.29, 0.717) is 33.2 Å². The third-order valence-corrected chi connectivity index (χ3v) is 6.57. The summed E-state index contributed by atoms with van der Waals surface area (Å²) in [6.45, 7) is 5.70. The molecule has 1 aliphatic heterocycles. The molecule has 35 heavy (non-hydrogen) atoms. The second kappa shape index (κ2) is 11.7. The fraction of sp³-hybridized carbons (Fsp3) is 0.385. The molecule has 2 aromatic carbocycles. The summed E-state index contributed by atoms with van der Waals surface area (Å²) in [6.07, 6.45) is 0.699. The molecule has 0 radical (unpaired) electrons. The van der Waals surface area contributed by atoms with E-state index < -0.39 is 6.04 Å². The fourth-order valence-corrected chi connectivity index (χ4v) is 4.65. The van der Waals surface area contributed by atoms with Gasteiger partial charge in [-0.25, -0.2) is 0 Å². The molecule has 0 aromatic heterocycles. The number of nitrogens with zero attached hydrogens (tertiary/aromatic N) is 2. The molecule has 7 nitrogen and oxygen atoms in total. The summed E-state index contributed by atoms with van der Waals surface area (Å²) < 4.78 is 0. The van der Waals surface area contributed by atoms with Crippen molar-refractivity contribution in [1.29, 1.82) is 0 Å². The topological polar surface area (TPSA) is 86.8 Å². The predicted octanol–water partition coefficient (Wildman–Crippen LogP) is 4.70. The summed E-state index contributed by atoms with van der Waals surface area (Å²) in [4.78, 5) is 54.2. The Balaban J connectivity index is 1.75. The standard InChI is InChI=1S/C26H29Cl2N3O4/c1-4-22(24(33)29-16(2)3)31(15-19-20(27)11-7-12-21(19)28)23(32)13-8-14-30-25(34)17-9-5-6-10-18(17)26(30)35/h5-7,9-12,16,22H,4,8,13-15H2,1-3H3,(H,29,33). The van der Waals surface area contributed by atoms with E-state index in [9.17, 15) is 19.2 Å². The van der Waals surface area contributed by atoms with Gasteiger partial charge in [0, 0.05) is 41.2 Å². The number of hydrogen-bond acceptors (Lipinski definition) is 4. The van der Waals surface area contributed by atoms with Crippen molar-refractivity contribution in [2.45, 2.75) is 58.7 Å². The number of fused-ring (bicyclic) bond motifs is 1. The molecular weight excluding hydrogens is 489 g/mol. The minimum Gasteiger partial charge on any atom is -0.352 e. The van der Waals surface area contributed by atoms with Crippen LogP contribution in [0.1, 0.15) is 66.3 Å². The van der Waals surface area contributed by atoms with E-state index in [1.165, 1.54) is 4.90 Å². The van der Waals surface area contributed by atoms with Crippen LogP contribution in [0.5, 0.6) is 0 Å². The Morgan fingerprint density at radius 1 is 0.971 bits per heavy atom. The summed E-state index contributed by atoms with van der Waals surface area (Å²) in [5.41, 5.74) is 1.30. The molecule has 3 rings (SSSR count). The van der Waals surface area contributed by atoms with E-state index >= 15 is 0 Å². The Morgan fingerprint density at radius 3 is 2.06 bits per heavy atom. The zero-order valence-corrected chi connectivity index (χ0v) is 21.5. The molecule has 1 N–H and O–H groups in total. The van der Waals surface area contributed by atoms with Gasteiger partial charge in [-0.05, 0) is 51.0 Å². The molecule has 0 bridgehead atoms. The SMILES string of the molecule is CCC(C(=O)NC(C)C)N(Cc1c(Cl)cccc1Cl)C(=O)CCCN1C(=O)c2ccccc2C1=O. The molecule has 4 amide bonds. The summed E-state index contributed by atoms with van der Waals surface area (Å²) in [5, 5.41) is 3.68. The molecule has 1 unspecified atom stereocenters. The van der Waals surface area contributed by atoms with Crippen molar-refractivity contribution in [2.75, 3.05) is 6.54 Å². The van der Waals surface area contributed by atoms with Crippen LogP contribution in [0, 0.1) is 0 Å². The number of amides is 4. The van der Waals surface area contributed by atoms with Crippen LogP contribution in [0.4, 0.5) is 0 Å².